The molecule has 20 heavy (non-hydrogen) atoms. The fraction of sp³-hybridized carbons (Fsp3) is 0.263. The van der Waals surface area contributed by atoms with E-state index in [1.165, 1.54) is 16.3 Å². The second-order valence-corrected chi connectivity index (χ2v) is 5.38. The molecule has 0 fully saturated rings. The lowest BCUT2D eigenvalue weighted by Gasteiger charge is -2.16. The van der Waals surface area contributed by atoms with E-state index in [0.717, 1.165) is 23.1 Å². The third kappa shape index (κ3) is 3.00. The van der Waals surface area contributed by atoms with Crippen LogP contribution in [0.15, 0.2) is 60.2 Å². The van der Waals surface area contributed by atoms with Crippen molar-refractivity contribution in [3.05, 3.63) is 71.3 Å². The van der Waals surface area contributed by atoms with Crippen molar-refractivity contribution in [3.8, 4) is 0 Å². The van der Waals surface area contributed by atoms with Crippen molar-refractivity contribution < 1.29 is 5.11 Å². The molecule has 0 aliphatic carbocycles. The lowest BCUT2D eigenvalue weighted by Crippen LogP contribution is -2.02. The Morgan fingerprint density at radius 1 is 1.30 bits per heavy atom. The van der Waals surface area contributed by atoms with Gasteiger partial charge in [-0.15, -0.1) is 0 Å². The molecular weight excluding hydrogens is 244 g/mol. The predicted octanol–water partition coefficient (Wildman–Crippen LogP) is 5.09. The van der Waals surface area contributed by atoms with Crippen molar-refractivity contribution in [2.24, 2.45) is 0 Å². The highest BCUT2D eigenvalue weighted by Crippen LogP contribution is 2.29. The van der Waals surface area contributed by atoms with Gasteiger partial charge in [-0.25, -0.2) is 0 Å². The summed E-state index contributed by atoms with van der Waals surface area (Å²) in [6, 6.07) is 12.4. The lowest BCUT2D eigenvalue weighted by molar-refractivity contribution is 0.212. The Morgan fingerprint density at radius 2 is 2.00 bits per heavy atom. The topological polar surface area (TPSA) is 20.2 Å². The SMILES string of the molecule is C=C(C)/C=C(\CC)[C@@H](O)c1cc(C)c2ccccc2c1. The zero-order chi connectivity index (χ0) is 14.7. The molecule has 1 nitrogen and oxygen atoms in total. The Hall–Kier alpha value is -1.86. The first-order chi connectivity index (χ1) is 9.52. The maximum absolute atomic E-state index is 10.6. The molecule has 0 aromatic heterocycles. The van der Waals surface area contributed by atoms with Crippen LogP contribution in [0.1, 0.15) is 37.5 Å². The fourth-order valence-electron chi connectivity index (χ4n) is 2.59. The van der Waals surface area contributed by atoms with E-state index in [1.54, 1.807) is 0 Å². The number of allylic oxidation sites excluding steroid dienone is 2. The minimum atomic E-state index is -0.556. The molecule has 0 unspecified atom stereocenters. The van der Waals surface area contributed by atoms with Crippen LogP contribution in [0, 0.1) is 6.92 Å². The second-order valence-electron chi connectivity index (χ2n) is 5.38. The fourth-order valence-corrected chi connectivity index (χ4v) is 2.59. The highest BCUT2D eigenvalue weighted by atomic mass is 16.3. The molecule has 0 saturated carbocycles. The number of benzene rings is 2. The van der Waals surface area contributed by atoms with Gasteiger partial charge in [-0.1, -0.05) is 55.5 Å². The van der Waals surface area contributed by atoms with Gasteiger partial charge in [-0.05, 0) is 53.8 Å². The Kier molecular flexibility index (Phi) is 4.41. The van der Waals surface area contributed by atoms with Gasteiger partial charge in [0.25, 0.3) is 0 Å². The van der Waals surface area contributed by atoms with Gasteiger partial charge < -0.3 is 5.11 Å². The van der Waals surface area contributed by atoms with Gasteiger partial charge in [0, 0.05) is 0 Å². The van der Waals surface area contributed by atoms with Crippen molar-refractivity contribution in [3.63, 3.8) is 0 Å². The van der Waals surface area contributed by atoms with Gasteiger partial charge in [-0.2, -0.15) is 0 Å². The average Bonchev–Trinajstić information content (AvgIpc) is 2.43. The first-order valence-corrected chi connectivity index (χ1v) is 7.06. The highest BCUT2D eigenvalue weighted by molar-refractivity contribution is 5.86. The van der Waals surface area contributed by atoms with E-state index in [1.807, 2.05) is 25.1 Å². The van der Waals surface area contributed by atoms with Crippen LogP contribution in [-0.2, 0) is 0 Å². The van der Waals surface area contributed by atoms with Crippen LogP contribution in [-0.4, -0.2) is 5.11 Å². The van der Waals surface area contributed by atoms with Gasteiger partial charge in [0.15, 0.2) is 0 Å². The van der Waals surface area contributed by atoms with Crippen LogP contribution >= 0.6 is 0 Å². The number of aliphatic hydroxyl groups is 1. The Balaban J connectivity index is 2.49. The number of fused-ring (bicyclic) bond motifs is 1. The first-order valence-electron chi connectivity index (χ1n) is 7.06. The van der Waals surface area contributed by atoms with E-state index >= 15 is 0 Å². The largest absolute Gasteiger partial charge is 0.384 e. The summed E-state index contributed by atoms with van der Waals surface area (Å²) in [5.41, 5.74) is 4.13. The lowest BCUT2D eigenvalue weighted by atomic mass is 9.93. The minimum absolute atomic E-state index is 0.556. The third-order valence-electron chi connectivity index (χ3n) is 3.60. The van der Waals surface area contributed by atoms with E-state index in [2.05, 4.69) is 44.7 Å². The quantitative estimate of drug-likeness (QED) is 0.764. The molecule has 0 saturated heterocycles. The Morgan fingerprint density at radius 3 is 2.65 bits per heavy atom. The van der Waals surface area contributed by atoms with Crippen LogP contribution in [0.4, 0.5) is 0 Å². The summed E-state index contributed by atoms with van der Waals surface area (Å²) >= 11 is 0. The zero-order valence-corrected chi connectivity index (χ0v) is 12.5. The normalized spacial score (nSPS) is 13.5. The number of hydrogen-bond acceptors (Lipinski definition) is 1. The molecule has 2 rings (SSSR count). The minimum Gasteiger partial charge on any atom is -0.384 e. The van der Waals surface area contributed by atoms with Gasteiger partial charge in [-0.3, -0.25) is 0 Å². The molecule has 2 aromatic rings. The van der Waals surface area contributed by atoms with E-state index < -0.39 is 6.10 Å². The summed E-state index contributed by atoms with van der Waals surface area (Å²) in [6.45, 7) is 10.0. The van der Waals surface area contributed by atoms with Crippen molar-refractivity contribution in [2.75, 3.05) is 0 Å². The van der Waals surface area contributed by atoms with Gasteiger partial charge in [0.05, 0.1) is 0 Å². The molecule has 0 spiro atoms. The molecule has 1 atom stereocenters. The van der Waals surface area contributed by atoms with Crippen molar-refractivity contribution in [1.82, 2.24) is 0 Å². The van der Waals surface area contributed by atoms with Gasteiger partial charge in [0.1, 0.15) is 6.10 Å². The van der Waals surface area contributed by atoms with E-state index in [9.17, 15) is 5.11 Å². The summed E-state index contributed by atoms with van der Waals surface area (Å²) in [7, 11) is 0. The predicted molar refractivity (Wildman–Crippen MR) is 86.8 cm³/mol. The van der Waals surface area contributed by atoms with Crippen LogP contribution in [0.2, 0.25) is 0 Å². The van der Waals surface area contributed by atoms with E-state index in [0.29, 0.717) is 0 Å². The Bertz CT molecular complexity index is 665. The molecule has 0 radical (unpaired) electrons. The summed E-state index contributed by atoms with van der Waals surface area (Å²) < 4.78 is 0. The highest BCUT2D eigenvalue weighted by Gasteiger charge is 2.13. The number of aryl methyl sites for hydroxylation is 1. The summed E-state index contributed by atoms with van der Waals surface area (Å²) in [5.74, 6) is 0. The summed E-state index contributed by atoms with van der Waals surface area (Å²) in [6.07, 6.45) is 2.25. The molecule has 2 aromatic carbocycles. The molecule has 0 aliphatic heterocycles. The number of hydrogen-bond donors (Lipinski definition) is 1. The first kappa shape index (κ1) is 14.5. The van der Waals surface area contributed by atoms with Crippen LogP contribution in [0.25, 0.3) is 10.8 Å². The average molecular weight is 266 g/mol. The van der Waals surface area contributed by atoms with E-state index in [4.69, 9.17) is 0 Å². The zero-order valence-electron chi connectivity index (χ0n) is 12.5. The standard InChI is InChI=1S/C19H22O/c1-5-15(10-13(2)3)19(20)17-11-14(4)18-9-7-6-8-16(18)12-17/h6-12,19-20H,2,5H2,1,3-4H3/b15-10+/t19-/m1/s1. The maximum Gasteiger partial charge on any atom is 0.100 e. The molecule has 0 bridgehead atoms. The van der Waals surface area contributed by atoms with E-state index in [-0.39, 0.29) is 0 Å². The van der Waals surface area contributed by atoms with Gasteiger partial charge in [0.2, 0.25) is 0 Å². The van der Waals surface area contributed by atoms with Crippen molar-refractivity contribution >= 4 is 10.8 Å². The van der Waals surface area contributed by atoms with Crippen molar-refractivity contribution in [2.45, 2.75) is 33.3 Å². The molecule has 1 N–H and O–H groups in total. The van der Waals surface area contributed by atoms with Crippen molar-refractivity contribution in [1.29, 1.82) is 0 Å². The van der Waals surface area contributed by atoms with Crippen LogP contribution in [0.3, 0.4) is 0 Å². The third-order valence-corrected chi connectivity index (χ3v) is 3.60. The molecule has 0 amide bonds. The molecule has 1 heteroatoms. The maximum atomic E-state index is 10.6. The smallest absolute Gasteiger partial charge is 0.100 e. The molecule has 104 valence electrons. The number of rotatable bonds is 4. The summed E-state index contributed by atoms with van der Waals surface area (Å²) in [5, 5.41) is 13.0. The second kappa shape index (κ2) is 6.06. The van der Waals surface area contributed by atoms with Crippen LogP contribution in [0.5, 0.6) is 0 Å². The summed E-state index contributed by atoms with van der Waals surface area (Å²) in [4.78, 5) is 0. The van der Waals surface area contributed by atoms with Crippen LogP contribution < -0.4 is 0 Å². The number of aliphatic hydroxyl groups excluding tert-OH is 1. The monoisotopic (exact) mass is 266 g/mol. The molecular formula is C19H22O. The molecule has 0 aliphatic rings. The Labute approximate surface area is 121 Å². The molecule has 0 heterocycles. The van der Waals surface area contributed by atoms with Gasteiger partial charge >= 0.3 is 0 Å².